The van der Waals surface area contributed by atoms with Crippen molar-refractivity contribution in [1.29, 1.82) is 0 Å². The molecule has 0 atom stereocenters. The van der Waals surface area contributed by atoms with Gasteiger partial charge >= 0.3 is 0 Å². The Morgan fingerprint density at radius 1 is 1.25 bits per heavy atom. The summed E-state index contributed by atoms with van der Waals surface area (Å²) >= 11 is 0. The van der Waals surface area contributed by atoms with E-state index in [2.05, 4.69) is 15.3 Å². The molecule has 2 heterocycles. The summed E-state index contributed by atoms with van der Waals surface area (Å²) in [6.07, 6.45) is 9.34. The van der Waals surface area contributed by atoms with Crippen molar-refractivity contribution in [1.82, 2.24) is 19.9 Å². The van der Waals surface area contributed by atoms with Crippen LogP contribution >= 0.6 is 0 Å². The van der Waals surface area contributed by atoms with Crippen LogP contribution in [0.2, 0.25) is 0 Å². The van der Waals surface area contributed by atoms with Gasteiger partial charge in [-0.05, 0) is 37.5 Å². The lowest BCUT2D eigenvalue weighted by Crippen LogP contribution is -2.36. The maximum absolute atomic E-state index is 12.5. The lowest BCUT2D eigenvalue weighted by molar-refractivity contribution is 0.0922. The molecule has 0 spiro atoms. The molecule has 2 aromatic rings. The van der Waals surface area contributed by atoms with Crippen molar-refractivity contribution in [2.24, 2.45) is 7.05 Å². The monoisotopic (exact) mass is 330 g/mol. The number of nitrogens with zero attached hydrogens (tertiary/aromatic N) is 3. The van der Waals surface area contributed by atoms with E-state index in [1.807, 2.05) is 30.7 Å². The Kier molecular flexibility index (Phi) is 6.49. The molecule has 0 bridgehead atoms. The molecule has 130 valence electrons. The summed E-state index contributed by atoms with van der Waals surface area (Å²) < 4.78 is 1.91. The quantitative estimate of drug-likeness (QED) is 0.906. The second kappa shape index (κ2) is 8.59. The van der Waals surface area contributed by atoms with Crippen molar-refractivity contribution >= 4 is 5.91 Å². The van der Waals surface area contributed by atoms with Crippen LogP contribution in [0, 0.1) is 6.92 Å². The number of pyridine rings is 1. The van der Waals surface area contributed by atoms with E-state index in [-0.39, 0.29) is 5.91 Å². The van der Waals surface area contributed by atoms with E-state index in [0.717, 1.165) is 36.9 Å². The molecule has 3 rings (SSSR count). The van der Waals surface area contributed by atoms with Gasteiger partial charge in [-0.2, -0.15) is 0 Å². The molecule has 1 fully saturated rings. The highest BCUT2D eigenvalue weighted by molar-refractivity contribution is 5.93. The van der Waals surface area contributed by atoms with Crippen LogP contribution in [0.1, 0.15) is 48.2 Å². The van der Waals surface area contributed by atoms with E-state index >= 15 is 0 Å². The number of aromatic nitrogens is 3. The summed E-state index contributed by atoms with van der Waals surface area (Å²) in [7, 11) is 2.92. The van der Waals surface area contributed by atoms with Crippen molar-refractivity contribution in [2.45, 2.75) is 45.1 Å². The Balaban J connectivity index is 0.00000100. The summed E-state index contributed by atoms with van der Waals surface area (Å²) in [6, 6.07) is 4.12. The van der Waals surface area contributed by atoms with Crippen LogP contribution in [-0.2, 0) is 7.05 Å². The molecule has 24 heavy (non-hydrogen) atoms. The Hall–Kier alpha value is -2.21. The molecule has 2 N–H and O–H groups in total. The summed E-state index contributed by atoms with van der Waals surface area (Å²) in [4.78, 5) is 21.1. The van der Waals surface area contributed by atoms with Gasteiger partial charge in [-0.25, -0.2) is 9.97 Å². The summed E-state index contributed by atoms with van der Waals surface area (Å²) in [5.74, 6) is -0.0704. The van der Waals surface area contributed by atoms with Gasteiger partial charge in [0, 0.05) is 20.2 Å². The van der Waals surface area contributed by atoms with Crippen LogP contribution in [0.5, 0.6) is 0 Å². The molecule has 1 saturated carbocycles. The SMILES string of the molecule is CO.Cc1cc(C(=O)NC2CCCCC2)nc(-c2cncn2C)c1. The van der Waals surface area contributed by atoms with Crippen LogP contribution in [0.15, 0.2) is 24.7 Å². The van der Waals surface area contributed by atoms with Crippen molar-refractivity contribution in [3.63, 3.8) is 0 Å². The number of hydrogen-bond acceptors (Lipinski definition) is 4. The van der Waals surface area contributed by atoms with E-state index in [9.17, 15) is 4.79 Å². The molecule has 2 aromatic heterocycles. The van der Waals surface area contributed by atoms with Crippen LogP contribution < -0.4 is 5.32 Å². The van der Waals surface area contributed by atoms with E-state index in [1.54, 1.807) is 12.5 Å². The molecular weight excluding hydrogens is 304 g/mol. The predicted octanol–water partition coefficient (Wildman–Crippen LogP) is 2.46. The van der Waals surface area contributed by atoms with Crippen molar-refractivity contribution in [3.8, 4) is 11.4 Å². The van der Waals surface area contributed by atoms with Crippen LogP contribution in [0.25, 0.3) is 11.4 Å². The summed E-state index contributed by atoms with van der Waals surface area (Å²) in [6.45, 7) is 1.99. The van der Waals surface area contributed by atoms with Crippen LogP contribution in [0.3, 0.4) is 0 Å². The average molecular weight is 330 g/mol. The first-order valence-electron chi connectivity index (χ1n) is 8.34. The second-order valence-electron chi connectivity index (χ2n) is 6.11. The normalized spacial score (nSPS) is 14.7. The van der Waals surface area contributed by atoms with Gasteiger partial charge in [-0.15, -0.1) is 0 Å². The first kappa shape index (κ1) is 18.1. The molecule has 0 aliphatic heterocycles. The third-order valence-corrected chi connectivity index (χ3v) is 4.22. The van der Waals surface area contributed by atoms with Crippen LogP contribution in [0.4, 0.5) is 0 Å². The van der Waals surface area contributed by atoms with E-state index in [1.165, 1.54) is 19.3 Å². The van der Waals surface area contributed by atoms with Gasteiger partial charge in [0.05, 0.1) is 23.9 Å². The molecule has 0 unspecified atom stereocenters. The maximum atomic E-state index is 12.5. The number of imidazole rings is 1. The zero-order chi connectivity index (χ0) is 17.5. The van der Waals surface area contributed by atoms with Crippen LogP contribution in [-0.4, -0.2) is 38.7 Å². The molecule has 1 aliphatic carbocycles. The maximum Gasteiger partial charge on any atom is 0.270 e. The Labute approximate surface area is 143 Å². The third kappa shape index (κ3) is 4.41. The standard InChI is InChI=1S/C17H22N4O.CH4O/c1-12-8-14(16-10-18-11-21(16)2)20-15(9-12)17(22)19-13-6-4-3-5-7-13;1-2/h8-11,13H,3-7H2,1-2H3,(H,19,22);2H,1H3. The number of amides is 1. The molecule has 0 saturated heterocycles. The Morgan fingerprint density at radius 3 is 2.58 bits per heavy atom. The minimum absolute atomic E-state index is 0.0704. The topological polar surface area (TPSA) is 80.0 Å². The number of carbonyl (C=O) groups is 1. The van der Waals surface area contributed by atoms with Gasteiger partial charge in [0.1, 0.15) is 5.69 Å². The van der Waals surface area contributed by atoms with Gasteiger partial charge in [0.2, 0.25) is 0 Å². The van der Waals surface area contributed by atoms with Gasteiger partial charge in [0.25, 0.3) is 5.91 Å². The van der Waals surface area contributed by atoms with Crippen molar-refractivity contribution in [3.05, 3.63) is 35.9 Å². The van der Waals surface area contributed by atoms with Crippen molar-refractivity contribution < 1.29 is 9.90 Å². The third-order valence-electron chi connectivity index (χ3n) is 4.22. The zero-order valence-electron chi connectivity index (χ0n) is 14.6. The zero-order valence-corrected chi connectivity index (χ0v) is 14.6. The predicted molar refractivity (Wildman–Crippen MR) is 93.7 cm³/mol. The van der Waals surface area contributed by atoms with Gasteiger partial charge in [0.15, 0.2) is 0 Å². The number of aliphatic hydroxyl groups excluding tert-OH is 1. The highest BCUT2D eigenvalue weighted by Crippen LogP contribution is 2.20. The molecule has 0 radical (unpaired) electrons. The Morgan fingerprint density at radius 2 is 1.96 bits per heavy atom. The Bertz CT molecular complexity index is 675. The van der Waals surface area contributed by atoms with Gasteiger partial charge < -0.3 is 15.0 Å². The highest BCUT2D eigenvalue weighted by atomic mass is 16.2. The van der Waals surface area contributed by atoms with E-state index < -0.39 is 0 Å². The number of aryl methyl sites for hydroxylation is 2. The first-order valence-corrected chi connectivity index (χ1v) is 8.34. The summed E-state index contributed by atoms with van der Waals surface area (Å²) in [5, 5.41) is 10.1. The molecule has 1 amide bonds. The number of hydrogen-bond donors (Lipinski definition) is 2. The minimum atomic E-state index is -0.0704. The lowest BCUT2D eigenvalue weighted by atomic mass is 9.95. The molecular formula is C18H26N4O2. The largest absolute Gasteiger partial charge is 0.400 e. The number of rotatable bonds is 3. The molecule has 0 aromatic carbocycles. The number of carbonyl (C=O) groups excluding carboxylic acids is 1. The fourth-order valence-corrected chi connectivity index (χ4v) is 3.03. The van der Waals surface area contributed by atoms with Crippen molar-refractivity contribution in [2.75, 3.05) is 7.11 Å². The van der Waals surface area contributed by atoms with E-state index in [0.29, 0.717) is 11.7 Å². The lowest BCUT2D eigenvalue weighted by Gasteiger charge is -2.22. The first-order chi connectivity index (χ1) is 11.6. The minimum Gasteiger partial charge on any atom is -0.400 e. The summed E-state index contributed by atoms with van der Waals surface area (Å²) in [5.41, 5.74) is 3.21. The highest BCUT2D eigenvalue weighted by Gasteiger charge is 2.18. The number of aliphatic hydroxyl groups is 1. The van der Waals surface area contributed by atoms with Gasteiger partial charge in [-0.1, -0.05) is 19.3 Å². The second-order valence-corrected chi connectivity index (χ2v) is 6.11. The molecule has 1 aliphatic rings. The molecule has 6 nitrogen and oxygen atoms in total. The fraction of sp³-hybridized carbons (Fsp3) is 0.500. The number of nitrogens with one attached hydrogen (secondary N) is 1. The fourth-order valence-electron chi connectivity index (χ4n) is 3.03. The molecule has 6 heteroatoms. The van der Waals surface area contributed by atoms with E-state index in [4.69, 9.17) is 5.11 Å². The smallest absolute Gasteiger partial charge is 0.270 e. The average Bonchev–Trinajstić information content (AvgIpc) is 3.03. The van der Waals surface area contributed by atoms with Gasteiger partial charge in [-0.3, -0.25) is 4.79 Å².